The Morgan fingerprint density at radius 3 is 2.44 bits per heavy atom. The summed E-state index contributed by atoms with van der Waals surface area (Å²) in [6.45, 7) is 1.47. The van der Waals surface area contributed by atoms with E-state index in [1.807, 2.05) is 0 Å². The minimum Gasteiger partial charge on any atom is -0.449 e. The normalized spacial score (nSPS) is 11.4. The molecule has 142 valence electrons. The first-order valence-electron chi connectivity index (χ1n) is 8.10. The Kier molecular flexibility index (Phi) is 7.36. The largest absolute Gasteiger partial charge is 0.449 e. The van der Waals surface area contributed by atoms with E-state index >= 15 is 0 Å². The van der Waals surface area contributed by atoms with Gasteiger partial charge in [-0.1, -0.05) is 12.1 Å². The number of rotatable bonds is 7. The molecule has 6 nitrogen and oxygen atoms in total. The summed E-state index contributed by atoms with van der Waals surface area (Å²) >= 11 is 1.16. The number of hydrogen-bond donors (Lipinski definition) is 2. The smallest absolute Gasteiger partial charge is 0.340 e. The third-order valence-electron chi connectivity index (χ3n) is 3.49. The molecule has 0 spiro atoms. The van der Waals surface area contributed by atoms with Crippen LogP contribution >= 0.6 is 11.8 Å². The van der Waals surface area contributed by atoms with Crippen LogP contribution in [0.4, 0.5) is 10.1 Å². The van der Waals surface area contributed by atoms with Gasteiger partial charge in [-0.3, -0.25) is 9.59 Å². The minimum absolute atomic E-state index is 0.0483. The van der Waals surface area contributed by atoms with Crippen molar-refractivity contribution in [1.82, 2.24) is 5.32 Å². The molecule has 0 unspecified atom stereocenters. The fraction of sp³-hybridized carbons (Fsp3) is 0.211. The van der Waals surface area contributed by atoms with Gasteiger partial charge in [-0.2, -0.15) is 0 Å². The molecule has 27 heavy (non-hydrogen) atoms. The van der Waals surface area contributed by atoms with E-state index in [1.165, 1.54) is 38.2 Å². The first-order chi connectivity index (χ1) is 12.9. The van der Waals surface area contributed by atoms with Gasteiger partial charge in [-0.15, -0.1) is 11.8 Å². The summed E-state index contributed by atoms with van der Waals surface area (Å²) in [5.41, 5.74) is 0.752. The minimum atomic E-state index is -0.928. The van der Waals surface area contributed by atoms with Gasteiger partial charge in [-0.05, 0) is 43.3 Å². The number of carbonyl (C=O) groups excluding carboxylic acids is 3. The highest BCUT2D eigenvalue weighted by Crippen LogP contribution is 2.24. The molecular formula is C19H19FN2O4S. The van der Waals surface area contributed by atoms with Crippen LogP contribution in [0.25, 0.3) is 0 Å². The lowest BCUT2D eigenvalue weighted by atomic mass is 10.2. The van der Waals surface area contributed by atoms with E-state index in [4.69, 9.17) is 4.74 Å². The molecule has 0 aliphatic rings. The maximum absolute atomic E-state index is 12.9. The van der Waals surface area contributed by atoms with Gasteiger partial charge in [0.05, 0.1) is 11.3 Å². The fourth-order valence-electron chi connectivity index (χ4n) is 2.12. The quantitative estimate of drug-likeness (QED) is 0.561. The molecule has 2 rings (SSSR count). The van der Waals surface area contributed by atoms with Gasteiger partial charge >= 0.3 is 5.97 Å². The van der Waals surface area contributed by atoms with Crippen molar-refractivity contribution >= 4 is 35.2 Å². The van der Waals surface area contributed by atoms with Crippen LogP contribution in [0.1, 0.15) is 17.3 Å². The summed E-state index contributed by atoms with van der Waals surface area (Å²) in [6, 6.07) is 12.1. The first-order valence-corrected chi connectivity index (χ1v) is 9.09. The number of thioether (sulfide) groups is 1. The molecule has 2 aromatic carbocycles. The molecule has 1 atom stereocenters. The van der Waals surface area contributed by atoms with Crippen molar-refractivity contribution < 1.29 is 23.5 Å². The Labute approximate surface area is 160 Å². The summed E-state index contributed by atoms with van der Waals surface area (Å²) in [5, 5.41) is 5.05. The Bertz CT molecular complexity index is 827. The van der Waals surface area contributed by atoms with E-state index in [9.17, 15) is 18.8 Å². The van der Waals surface area contributed by atoms with Crippen LogP contribution in [-0.2, 0) is 14.3 Å². The number of likely N-dealkylation sites (N-methyl/N-ethyl adjacent to an activating group) is 1. The Morgan fingerprint density at radius 2 is 1.78 bits per heavy atom. The van der Waals surface area contributed by atoms with Crippen molar-refractivity contribution in [2.45, 2.75) is 17.9 Å². The predicted molar refractivity (Wildman–Crippen MR) is 101 cm³/mol. The predicted octanol–water partition coefficient (Wildman–Crippen LogP) is 2.85. The fourth-order valence-corrected chi connectivity index (χ4v) is 2.96. The third-order valence-corrected chi connectivity index (χ3v) is 4.57. The number of hydrogen-bond acceptors (Lipinski definition) is 5. The van der Waals surface area contributed by atoms with Crippen molar-refractivity contribution in [2.24, 2.45) is 0 Å². The van der Waals surface area contributed by atoms with Crippen LogP contribution in [-0.4, -0.2) is 36.7 Å². The zero-order valence-electron chi connectivity index (χ0n) is 14.8. The maximum atomic E-state index is 12.9. The van der Waals surface area contributed by atoms with Gasteiger partial charge in [0, 0.05) is 17.6 Å². The molecule has 0 aliphatic heterocycles. The van der Waals surface area contributed by atoms with Crippen LogP contribution in [0.2, 0.25) is 0 Å². The number of halogens is 1. The zero-order chi connectivity index (χ0) is 19.8. The summed E-state index contributed by atoms with van der Waals surface area (Å²) in [7, 11) is 1.45. The average Bonchev–Trinajstić information content (AvgIpc) is 2.67. The zero-order valence-corrected chi connectivity index (χ0v) is 15.6. The van der Waals surface area contributed by atoms with Crippen molar-refractivity contribution in [1.29, 1.82) is 0 Å². The lowest BCUT2D eigenvalue weighted by Crippen LogP contribution is -2.33. The average molecular weight is 390 g/mol. The van der Waals surface area contributed by atoms with Gasteiger partial charge in [0.2, 0.25) is 5.91 Å². The number of amides is 2. The molecule has 0 bridgehead atoms. The number of anilines is 1. The van der Waals surface area contributed by atoms with Crippen molar-refractivity contribution in [3.05, 3.63) is 59.9 Å². The Hall–Kier alpha value is -2.87. The molecule has 2 N–H and O–H groups in total. The molecule has 0 fully saturated rings. The first kappa shape index (κ1) is 20.4. The molecule has 8 heteroatoms. The molecular weight excluding hydrogens is 371 g/mol. The van der Waals surface area contributed by atoms with Gasteiger partial charge in [0.1, 0.15) is 5.82 Å². The molecule has 0 heterocycles. The highest BCUT2D eigenvalue weighted by Gasteiger charge is 2.20. The highest BCUT2D eigenvalue weighted by atomic mass is 32.2. The number of carbonyl (C=O) groups is 3. The van der Waals surface area contributed by atoms with Crippen molar-refractivity contribution in [2.75, 3.05) is 18.1 Å². The van der Waals surface area contributed by atoms with E-state index in [2.05, 4.69) is 10.6 Å². The van der Waals surface area contributed by atoms with Crippen LogP contribution in [0.3, 0.4) is 0 Å². The third kappa shape index (κ3) is 6.10. The Morgan fingerprint density at radius 1 is 1.11 bits per heavy atom. The second kappa shape index (κ2) is 9.72. The summed E-state index contributed by atoms with van der Waals surface area (Å²) in [4.78, 5) is 36.4. The molecule has 0 radical (unpaired) electrons. The lowest BCUT2D eigenvalue weighted by Gasteiger charge is -2.13. The summed E-state index contributed by atoms with van der Waals surface area (Å²) < 4.78 is 18.0. The van der Waals surface area contributed by atoms with E-state index in [-0.39, 0.29) is 23.0 Å². The van der Waals surface area contributed by atoms with Crippen LogP contribution in [0, 0.1) is 5.82 Å². The highest BCUT2D eigenvalue weighted by molar-refractivity contribution is 8.00. The number of benzene rings is 2. The topological polar surface area (TPSA) is 84.5 Å². The lowest BCUT2D eigenvalue weighted by molar-refractivity contribution is -0.128. The number of nitrogens with one attached hydrogen (secondary N) is 2. The van der Waals surface area contributed by atoms with Gasteiger partial charge in [0.25, 0.3) is 5.91 Å². The van der Waals surface area contributed by atoms with E-state index in [0.717, 1.165) is 11.8 Å². The standard InChI is InChI=1S/C19H19FN2O4S/c1-12(18(24)21-2)26-19(25)15-5-3-4-6-16(15)27-11-17(23)22-14-9-7-13(20)8-10-14/h3-10,12H,11H2,1-2H3,(H,21,24)(H,22,23)/t12-/m0/s1. The molecule has 0 saturated heterocycles. The SMILES string of the molecule is CNC(=O)[C@H](C)OC(=O)c1ccccc1SCC(=O)Nc1ccc(F)cc1. The second-order valence-electron chi connectivity index (χ2n) is 5.50. The van der Waals surface area contributed by atoms with Gasteiger partial charge in [0.15, 0.2) is 6.10 Å². The Balaban J connectivity index is 1.98. The van der Waals surface area contributed by atoms with E-state index in [0.29, 0.717) is 10.6 Å². The molecule has 2 amide bonds. The molecule has 0 saturated carbocycles. The van der Waals surface area contributed by atoms with E-state index in [1.54, 1.807) is 24.3 Å². The van der Waals surface area contributed by atoms with Crippen molar-refractivity contribution in [3.8, 4) is 0 Å². The number of ether oxygens (including phenoxy) is 1. The molecule has 0 aliphatic carbocycles. The van der Waals surface area contributed by atoms with Crippen molar-refractivity contribution in [3.63, 3.8) is 0 Å². The maximum Gasteiger partial charge on any atom is 0.340 e. The molecule has 2 aromatic rings. The summed E-state index contributed by atoms with van der Waals surface area (Å²) in [6.07, 6.45) is -0.928. The van der Waals surface area contributed by atoms with Crippen LogP contribution in [0.15, 0.2) is 53.4 Å². The van der Waals surface area contributed by atoms with E-state index < -0.39 is 18.0 Å². The number of esters is 1. The summed E-state index contributed by atoms with van der Waals surface area (Å²) in [5.74, 6) is -1.69. The van der Waals surface area contributed by atoms with Crippen LogP contribution in [0.5, 0.6) is 0 Å². The molecule has 0 aromatic heterocycles. The van der Waals surface area contributed by atoms with Gasteiger partial charge in [-0.25, -0.2) is 9.18 Å². The second-order valence-corrected chi connectivity index (χ2v) is 6.52. The van der Waals surface area contributed by atoms with Gasteiger partial charge < -0.3 is 15.4 Å². The monoisotopic (exact) mass is 390 g/mol. The van der Waals surface area contributed by atoms with Crippen LogP contribution < -0.4 is 10.6 Å².